The molecule has 1 unspecified atom stereocenters. The van der Waals surface area contributed by atoms with Crippen LogP contribution >= 0.6 is 12.6 Å². The zero-order chi connectivity index (χ0) is 12.9. The Bertz CT molecular complexity index is 233. The highest BCUT2D eigenvalue weighted by atomic mass is 32.1. The van der Waals surface area contributed by atoms with Gasteiger partial charge in [-0.05, 0) is 5.92 Å². The molecule has 0 radical (unpaired) electrons. The zero-order valence-electron chi connectivity index (χ0n) is 9.16. The van der Waals surface area contributed by atoms with E-state index in [2.05, 4.69) is 12.6 Å². The molecule has 3 nitrogen and oxygen atoms in total. The molecule has 0 bridgehead atoms. The van der Waals surface area contributed by atoms with E-state index in [0.29, 0.717) is 4.90 Å². The quantitative estimate of drug-likeness (QED) is 0.731. The second-order valence-corrected chi connectivity index (χ2v) is 4.34. The number of aliphatic hydroxyl groups is 1. The minimum Gasteiger partial charge on any atom is -0.395 e. The third-order valence-electron chi connectivity index (χ3n) is 1.94. The molecule has 1 amide bonds. The number of alkyl halides is 3. The van der Waals surface area contributed by atoms with E-state index in [1.165, 1.54) is 0 Å². The number of aliphatic hydroxyl groups excluding tert-OH is 1. The summed E-state index contributed by atoms with van der Waals surface area (Å²) in [6.45, 7) is 1.21. The average molecular weight is 259 g/mol. The van der Waals surface area contributed by atoms with Crippen molar-refractivity contribution in [2.45, 2.75) is 25.3 Å². The highest BCUT2D eigenvalue weighted by Crippen LogP contribution is 2.19. The van der Waals surface area contributed by atoms with Crippen molar-refractivity contribution in [3.8, 4) is 0 Å². The fourth-order valence-electron chi connectivity index (χ4n) is 1.08. The minimum absolute atomic E-state index is 0.162. The van der Waals surface area contributed by atoms with Crippen LogP contribution in [0.2, 0.25) is 0 Å². The molecule has 0 spiro atoms. The summed E-state index contributed by atoms with van der Waals surface area (Å²) in [7, 11) is 0. The van der Waals surface area contributed by atoms with Gasteiger partial charge < -0.3 is 10.0 Å². The normalized spacial score (nSPS) is 14.0. The van der Waals surface area contributed by atoms with Gasteiger partial charge in [0.1, 0.15) is 6.54 Å². The van der Waals surface area contributed by atoms with E-state index >= 15 is 0 Å². The van der Waals surface area contributed by atoms with E-state index in [0.717, 1.165) is 0 Å². The van der Waals surface area contributed by atoms with Crippen molar-refractivity contribution < 1.29 is 23.1 Å². The van der Waals surface area contributed by atoms with Crippen LogP contribution in [0.3, 0.4) is 0 Å². The lowest BCUT2D eigenvalue weighted by atomic mass is 10.1. The van der Waals surface area contributed by atoms with Crippen molar-refractivity contribution in [2.24, 2.45) is 5.92 Å². The molecule has 0 aliphatic rings. The Kier molecular flexibility index (Phi) is 6.17. The molecule has 0 aromatic carbocycles. The lowest BCUT2D eigenvalue weighted by Gasteiger charge is -2.27. The Hall–Kier alpha value is -0.430. The molecule has 0 fully saturated rings. The third-order valence-corrected chi connectivity index (χ3v) is 2.75. The van der Waals surface area contributed by atoms with Crippen LogP contribution in [-0.2, 0) is 4.79 Å². The van der Waals surface area contributed by atoms with Gasteiger partial charge in [0.05, 0.1) is 11.9 Å². The SMILES string of the molecule is CC(C)C(S)C(=O)N(CCO)CC(F)(F)F. The summed E-state index contributed by atoms with van der Waals surface area (Å²) >= 11 is 3.96. The highest BCUT2D eigenvalue weighted by molar-refractivity contribution is 7.81. The van der Waals surface area contributed by atoms with Crippen molar-refractivity contribution in [2.75, 3.05) is 19.7 Å². The number of hydrogen-bond donors (Lipinski definition) is 2. The summed E-state index contributed by atoms with van der Waals surface area (Å²) in [4.78, 5) is 12.2. The maximum Gasteiger partial charge on any atom is 0.406 e. The molecule has 1 atom stereocenters. The van der Waals surface area contributed by atoms with E-state index in [1.807, 2.05) is 0 Å². The van der Waals surface area contributed by atoms with Crippen LogP contribution in [0, 0.1) is 5.92 Å². The van der Waals surface area contributed by atoms with Crippen LogP contribution in [0.15, 0.2) is 0 Å². The number of nitrogens with zero attached hydrogens (tertiary/aromatic N) is 1. The summed E-state index contributed by atoms with van der Waals surface area (Å²) in [5.74, 6) is -0.866. The predicted octanol–water partition coefficient (Wildman–Crippen LogP) is 1.32. The number of carbonyl (C=O) groups is 1. The molecular weight excluding hydrogens is 243 g/mol. The first-order chi connectivity index (χ1) is 7.19. The molecule has 7 heteroatoms. The molecule has 0 aromatic heterocycles. The molecule has 0 aliphatic heterocycles. The maximum absolute atomic E-state index is 12.2. The Labute approximate surface area is 98.0 Å². The first kappa shape index (κ1) is 15.6. The van der Waals surface area contributed by atoms with Crippen LogP contribution in [0.1, 0.15) is 13.8 Å². The van der Waals surface area contributed by atoms with E-state index in [1.54, 1.807) is 13.8 Å². The Balaban J connectivity index is 4.59. The Morgan fingerprint density at radius 2 is 1.94 bits per heavy atom. The zero-order valence-corrected chi connectivity index (χ0v) is 10.1. The molecule has 0 saturated carbocycles. The molecule has 0 heterocycles. The number of rotatable bonds is 5. The fourth-order valence-corrected chi connectivity index (χ4v) is 1.24. The van der Waals surface area contributed by atoms with Crippen molar-refractivity contribution >= 4 is 18.5 Å². The first-order valence-electron chi connectivity index (χ1n) is 4.83. The van der Waals surface area contributed by atoms with Crippen molar-refractivity contribution in [1.82, 2.24) is 4.90 Å². The van der Waals surface area contributed by atoms with Gasteiger partial charge in [-0.2, -0.15) is 25.8 Å². The van der Waals surface area contributed by atoms with Crippen LogP contribution in [-0.4, -0.2) is 47.0 Å². The van der Waals surface area contributed by atoms with Crippen molar-refractivity contribution in [1.29, 1.82) is 0 Å². The van der Waals surface area contributed by atoms with Crippen molar-refractivity contribution in [3.05, 3.63) is 0 Å². The second kappa shape index (κ2) is 6.34. The monoisotopic (exact) mass is 259 g/mol. The van der Waals surface area contributed by atoms with Crippen LogP contribution in [0.5, 0.6) is 0 Å². The largest absolute Gasteiger partial charge is 0.406 e. The maximum atomic E-state index is 12.2. The van der Waals surface area contributed by atoms with Crippen LogP contribution in [0.4, 0.5) is 13.2 Å². The number of hydrogen-bond acceptors (Lipinski definition) is 3. The minimum atomic E-state index is -4.46. The average Bonchev–Trinajstić information content (AvgIpc) is 2.12. The van der Waals surface area contributed by atoms with Gasteiger partial charge in [-0.1, -0.05) is 13.8 Å². The van der Waals surface area contributed by atoms with Gasteiger partial charge >= 0.3 is 6.18 Å². The van der Waals surface area contributed by atoms with E-state index in [9.17, 15) is 18.0 Å². The standard InChI is InChI=1S/C9H16F3NO2S/c1-6(2)7(16)8(15)13(3-4-14)5-9(10,11)12/h6-7,14,16H,3-5H2,1-2H3. The summed E-state index contributed by atoms with van der Waals surface area (Å²) in [6, 6.07) is 0. The number of amides is 1. The smallest absolute Gasteiger partial charge is 0.395 e. The number of carbonyl (C=O) groups excluding carboxylic acids is 1. The molecular formula is C9H16F3NO2S. The first-order valence-corrected chi connectivity index (χ1v) is 5.35. The second-order valence-electron chi connectivity index (χ2n) is 3.79. The van der Waals surface area contributed by atoms with Gasteiger partial charge in [0.2, 0.25) is 5.91 Å². The van der Waals surface area contributed by atoms with Gasteiger partial charge in [-0.25, -0.2) is 0 Å². The topological polar surface area (TPSA) is 40.5 Å². The summed E-state index contributed by atoms with van der Waals surface area (Å²) in [6.07, 6.45) is -4.46. The van der Waals surface area contributed by atoms with Gasteiger partial charge in [0.25, 0.3) is 0 Å². The summed E-state index contributed by atoms with van der Waals surface area (Å²) in [5.41, 5.74) is 0. The number of halogens is 3. The Morgan fingerprint density at radius 1 is 1.44 bits per heavy atom. The van der Waals surface area contributed by atoms with Gasteiger partial charge in [-0.3, -0.25) is 4.79 Å². The molecule has 0 aliphatic carbocycles. The van der Waals surface area contributed by atoms with E-state index in [-0.39, 0.29) is 12.5 Å². The predicted molar refractivity (Wildman–Crippen MR) is 57.3 cm³/mol. The number of thiol groups is 1. The summed E-state index contributed by atoms with van der Waals surface area (Å²) in [5, 5.41) is 7.83. The lowest BCUT2D eigenvalue weighted by Crippen LogP contribution is -2.45. The third kappa shape index (κ3) is 5.60. The van der Waals surface area contributed by atoms with Gasteiger partial charge in [-0.15, -0.1) is 0 Å². The van der Waals surface area contributed by atoms with Crippen LogP contribution < -0.4 is 0 Å². The van der Waals surface area contributed by atoms with Crippen LogP contribution in [0.25, 0.3) is 0 Å². The van der Waals surface area contributed by atoms with Crippen molar-refractivity contribution in [3.63, 3.8) is 0 Å². The molecule has 16 heavy (non-hydrogen) atoms. The van der Waals surface area contributed by atoms with E-state index < -0.39 is 30.5 Å². The molecule has 0 aromatic rings. The molecule has 1 N–H and O–H groups in total. The van der Waals surface area contributed by atoms with E-state index in [4.69, 9.17) is 5.11 Å². The molecule has 0 saturated heterocycles. The fraction of sp³-hybridized carbons (Fsp3) is 0.889. The van der Waals surface area contributed by atoms with Gasteiger partial charge in [0, 0.05) is 6.54 Å². The summed E-state index contributed by atoms with van der Waals surface area (Å²) < 4.78 is 36.5. The highest BCUT2D eigenvalue weighted by Gasteiger charge is 2.34. The Morgan fingerprint density at radius 3 is 2.25 bits per heavy atom. The molecule has 0 rings (SSSR count). The molecule has 96 valence electrons. The lowest BCUT2D eigenvalue weighted by molar-refractivity contribution is -0.162. The van der Waals surface area contributed by atoms with Gasteiger partial charge in [0.15, 0.2) is 0 Å².